The maximum Gasteiger partial charge on any atom is 0.184 e. The van der Waals surface area contributed by atoms with E-state index in [9.17, 15) is 8.42 Å². The van der Waals surface area contributed by atoms with Crippen molar-refractivity contribution in [1.82, 2.24) is 4.98 Å². The molecule has 102 valence electrons. The lowest BCUT2D eigenvalue weighted by atomic mass is 10.2. The summed E-state index contributed by atoms with van der Waals surface area (Å²) < 4.78 is 24.4. The van der Waals surface area contributed by atoms with Crippen molar-refractivity contribution in [2.45, 2.75) is 25.8 Å². The molecule has 2 heterocycles. The van der Waals surface area contributed by atoms with Crippen LogP contribution in [0.2, 0.25) is 0 Å². The maximum absolute atomic E-state index is 11.6. The second-order valence-corrected chi connectivity index (χ2v) is 8.35. The number of anilines is 1. The van der Waals surface area contributed by atoms with Gasteiger partial charge in [0.05, 0.1) is 21.7 Å². The number of fused-ring (bicyclic) bond motifs is 1. The van der Waals surface area contributed by atoms with Crippen molar-refractivity contribution in [3.8, 4) is 0 Å². The zero-order chi connectivity index (χ0) is 13.5. The molecular formula is C13H16N2O2S2. The first-order valence-corrected chi connectivity index (χ1v) is 9.00. The molecule has 2 aromatic rings. The van der Waals surface area contributed by atoms with Gasteiger partial charge in [0.15, 0.2) is 15.0 Å². The predicted molar refractivity (Wildman–Crippen MR) is 79.7 cm³/mol. The molecule has 4 nitrogen and oxygen atoms in total. The molecular weight excluding hydrogens is 280 g/mol. The van der Waals surface area contributed by atoms with Crippen LogP contribution >= 0.6 is 11.3 Å². The number of aromatic nitrogens is 1. The van der Waals surface area contributed by atoms with Gasteiger partial charge in [-0.1, -0.05) is 17.4 Å². The van der Waals surface area contributed by atoms with Gasteiger partial charge in [-0.05, 0) is 37.5 Å². The van der Waals surface area contributed by atoms with Gasteiger partial charge in [-0.25, -0.2) is 13.4 Å². The van der Waals surface area contributed by atoms with Crippen molar-refractivity contribution < 1.29 is 8.42 Å². The second kappa shape index (κ2) is 4.76. The molecule has 1 aromatic carbocycles. The van der Waals surface area contributed by atoms with Crippen LogP contribution < -0.4 is 5.32 Å². The fraction of sp³-hybridized carbons (Fsp3) is 0.462. The summed E-state index contributed by atoms with van der Waals surface area (Å²) in [6.45, 7) is 2.04. The van der Waals surface area contributed by atoms with Crippen LogP contribution in [0.15, 0.2) is 18.2 Å². The molecule has 1 fully saturated rings. The first kappa shape index (κ1) is 12.9. The van der Waals surface area contributed by atoms with E-state index >= 15 is 0 Å². The number of aryl methyl sites for hydroxylation is 1. The Morgan fingerprint density at radius 3 is 3.05 bits per heavy atom. The summed E-state index contributed by atoms with van der Waals surface area (Å²) in [4.78, 5) is 4.53. The number of sulfone groups is 1. The summed E-state index contributed by atoms with van der Waals surface area (Å²) in [5, 5.41) is 4.10. The van der Waals surface area contributed by atoms with E-state index in [-0.39, 0.29) is 11.8 Å². The number of hydrogen-bond donors (Lipinski definition) is 1. The lowest BCUT2D eigenvalue weighted by molar-refractivity contribution is 0.562. The molecule has 1 N–H and O–H groups in total. The number of rotatable bonds is 2. The van der Waals surface area contributed by atoms with Crippen molar-refractivity contribution >= 4 is 36.5 Å². The number of nitrogens with one attached hydrogen (secondary N) is 1. The summed E-state index contributed by atoms with van der Waals surface area (Å²) >= 11 is 1.58. The third-order valence-corrected chi connectivity index (χ3v) is 6.12. The normalized spacial score (nSPS) is 22.5. The molecule has 1 saturated heterocycles. The molecule has 1 atom stereocenters. The maximum atomic E-state index is 11.6. The van der Waals surface area contributed by atoms with Crippen LogP contribution in [0.3, 0.4) is 0 Å². The van der Waals surface area contributed by atoms with Crippen molar-refractivity contribution in [3.63, 3.8) is 0 Å². The number of benzene rings is 1. The zero-order valence-corrected chi connectivity index (χ0v) is 12.4. The Kier molecular flexibility index (Phi) is 3.22. The Balaban J connectivity index is 1.81. The highest BCUT2D eigenvalue weighted by Gasteiger charge is 2.25. The molecule has 6 heteroatoms. The van der Waals surface area contributed by atoms with Gasteiger partial charge in [0.1, 0.15) is 0 Å². The summed E-state index contributed by atoms with van der Waals surface area (Å²) in [7, 11) is -2.87. The van der Waals surface area contributed by atoms with Gasteiger partial charge in [0.2, 0.25) is 0 Å². The Bertz CT molecular complexity index is 707. The largest absolute Gasteiger partial charge is 0.358 e. The van der Waals surface area contributed by atoms with E-state index < -0.39 is 9.84 Å². The smallest absolute Gasteiger partial charge is 0.184 e. The fourth-order valence-electron chi connectivity index (χ4n) is 2.41. The van der Waals surface area contributed by atoms with E-state index in [0.717, 1.165) is 28.2 Å². The SMILES string of the molecule is Cc1ccc2sc(NC3CCCS(=O)(=O)C3)nc2c1. The van der Waals surface area contributed by atoms with Gasteiger partial charge in [0.25, 0.3) is 0 Å². The van der Waals surface area contributed by atoms with Crippen LogP contribution in [0.25, 0.3) is 10.2 Å². The third kappa shape index (κ3) is 2.90. The van der Waals surface area contributed by atoms with Crippen molar-refractivity contribution in [2.24, 2.45) is 0 Å². The lowest BCUT2D eigenvalue weighted by Crippen LogP contribution is -2.34. The van der Waals surface area contributed by atoms with Crippen molar-refractivity contribution in [1.29, 1.82) is 0 Å². The first-order valence-electron chi connectivity index (χ1n) is 6.36. The molecule has 1 aromatic heterocycles. The number of hydrogen-bond acceptors (Lipinski definition) is 5. The second-order valence-electron chi connectivity index (χ2n) is 5.09. The number of thiazole rings is 1. The fourth-order valence-corrected chi connectivity index (χ4v) is 4.97. The molecule has 0 spiro atoms. The minimum absolute atomic E-state index is 0.000379. The molecule has 3 rings (SSSR count). The molecule has 0 saturated carbocycles. The van der Waals surface area contributed by atoms with Crippen LogP contribution in [0.4, 0.5) is 5.13 Å². The first-order chi connectivity index (χ1) is 9.02. The van der Waals surface area contributed by atoms with E-state index in [4.69, 9.17) is 0 Å². The van der Waals surface area contributed by atoms with Gasteiger partial charge >= 0.3 is 0 Å². The highest BCUT2D eigenvalue weighted by molar-refractivity contribution is 7.91. The molecule has 1 unspecified atom stereocenters. The van der Waals surface area contributed by atoms with Crippen molar-refractivity contribution in [3.05, 3.63) is 23.8 Å². The lowest BCUT2D eigenvalue weighted by Gasteiger charge is -2.22. The van der Waals surface area contributed by atoms with Crippen LogP contribution in [-0.2, 0) is 9.84 Å². The highest BCUT2D eigenvalue weighted by atomic mass is 32.2. The zero-order valence-electron chi connectivity index (χ0n) is 10.7. The molecule has 19 heavy (non-hydrogen) atoms. The average molecular weight is 296 g/mol. The van der Waals surface area contributed by atoms with Gasteiger partial charge in [-0.15, -0.1) is 0 Å². The molecule has 0 radical (unpaired) electrons. The molecule has 0 amide bonds. The van der Waals surface area contributed by atoms with Crippen molar-refractivity contribution in [2.75, 3.05) is 16.8 Å². The third-order valence-electron chi connectivity index (χ3n) is 3.33. The van der Waals surface area contributed by atoms with Crippen LogP contribution in [-0.4, -0.2) is 30.9 Å². The summed E-state index contributed by atoms with van der Waals surface area (Å²) in [5.41, 5.74) is 2.16. The van der Waals surface area contributed by atoms with E-state index in [1.165, 1.54) is 5.56 Å². The van der Waals surface area contributed by atoms with E-state index in [0.29, 0.717) is 5.75 Å². The monoisotopic (exact) mass is 296 g/mol. The summed E-state index contributed by atoms with van der Waals surface area (Å²) in [6, 6.07) is 6.18. The topological polar surface area (TPSA) is 59.1 Å². The van der Waals surface area contributed by atoms with Crippen LogP contribution in [0.5, 0.6) is 0 Å². The Labute approximate surface area is 116 Å². The highest BCUT2D eigenvalue weighted by Crippen LogP contribution is 2.28. The standard InChI is InChI=1S/C13H16N2O2S2/c1-9-4-5-12-11(7-9)15-13(18-12)14-10-3-2-6-19(16,17)8-10/h4-5,7,10H,2-3,6,8H2,1H3,(H,14,15). The van der Waals surface area contributed by atoms with E-state index in [1.807, 2.05) is 6.92 Å². The molecule has 0 aliphatic carbocycles. The summed E-state index contributed by atoms with van der Waals surface area (Å²) in [6.07, 6.45) is 1.64. The average Bonchev–Trinajstić information content (AvgIpc) is 2.68. The minimum Gasteiger partial charge on any atom is -0.358 e. The van der Waals surface area contributed by atoms with Gasteiger partial charge in [-0.2, -0.15) is 0 Å². The van der Waals surface area contributed by atoms with Gasteiger partial charge < -0.3 is 5.32 Å². The Morgan fingerprint density at radius 2 is 2.26 bits per heavy atom. The molecule has 0 bridgehead atoms. The number of nitrogens with zero attached hydrogens (tertiary/aromatic N) is 1. The Hall–Kier alpha value is -1.14. The minimum atomic E-state index is -2.87. The molecule has 1 aliphatic rings. The quantitative estimate of drug-likeness (QED) is 0.925. The van der Waals surface area contributed by atoms with Crippen LogP contribution in [0.1, 0.15) is 18.4 Å². The molecule has 1 aliphatic heterocycles. The predicted octanol–water partition coefficient (Wildman–Crippen LogP) is 2.59. The summed E-state index contributed by atoms with van der Waals surface area (Å²) in [5.74, 6) is 0.548. The Morgan fingerprint density at radius 1 is 1.42 bits per heavy atom. The van der Waals surface area contributed by atoms with Gasteiger partial charge in [0, 0.05) is 6.04 Å². The van der Waals surface area contributed by atoms with Gasteiger partial charge in [-0.3, -0.25) is 0 Å². The van der Waals surface area contributed by atoms with Crippen LogP contribution in [0, 0.1) is 6.92 Å². The van der Waals surface area contributed by atoms with E-state index in [2.05, 4.69) is 28.5 Å². The van der Waals surface area contributed by atoms with E-state index in [1.54, 1.807) is 11.3 Å².